The lowest BCUT2D eigenvalue weighted by atomic mass is 10.2. The van der Waals surface area contributed by atoms with Gasteiger partial charge in [-0.1, -0.05) is 28.1 Å². The molecule has 0 fully saturated rings. The minimum atomic E-state index is -0.721. The Balaban J connectivity index is 2.16. The summed E-state index contributed by atoms with van der Waals surface area (Å²) in [5, 5.41) is 0. The molecule has 2 nitrogen and oxygen atoms in total. The van der Waals surface area contributed by atoms with Gasteiger partial charge in [0.2, 0.25) is 0 Å². The molecular formula is C13H10BrF2NO. The van der Waals surface area contributed by atoms with Gasteiger partial charge in [-0.25, -0.2) is 8.78 Å². The Morgan fingerprint density at radius 1 is 1.11 bits per heavy atom. The van der Waals surface area contributed by atoms with Gasteiger partial charge >= 0.3 is 0 Å². The van der Waals surface area contributed by atoms with Crippen molar-refractivity contribution >= 4 is 21.6 Å². The molecular weight excluding hydrogens is 304 g/mol. The number of rotatable bonds is 3. The van der Waals surface area contributed by atoms with Crippen molar-refractivity contribution in [1.82, 2.24) is 0 Å². The molecule has 2 aromatic rings. The van der Waals surface area contributed by atoms with E-state index in [-0.39, 0.29) is 12.4 Å². The first-order valence-electron chi connectivity index (χ1n) is 5.18. The molecule has 0 saturated carbocycles. The number of hydrogen-bond donors (Lipinski definition) is 1. The monoisotopic (exact) mass is 313 g/mol. The molecule has 94 valence electrons. The van der Waals surface area contributed by atoms with Gasteiger partial charge in [-0.05, 0) is 24.3 Å². The van der Waals surface area contributed by atoms with Crippen molar-refractivity contribution in [3.05, 3.63) is 58.1 Å². The summed E-state index contributed by atoms with van der Waals surface area (Å²) in [4.78, 5) is 0. The van der Waals surface area contributed by atoms with Crippen LogP contribution in [0.3, 0.4) is 0 Å². The molecule has 0 aliphatic carbocycles. The van der Waals surface area contributed by atoms with Crippen molar-refractivity contribution in [3.63, 3.8) is 0 Å². The molecule has 0 atom stereocenters. The third-order valence-corrected chi connectivity index (χ3v) is 3.11. The van der Waals surface area contributed by atoms with Crippen LogP contribution in [-0.2, 0) is 6.61 Å². The Kier molecular flexibility index (Phi) is 3.81. The Hall–Kier alpha value is -1.62. The first-order chi connectivity index (χ1) is 8.58. The summed E-state index contributed by atoms with van der Waals surface area (Å²) in [6.45, 7) is 0.0543. The molecule has 2 aromatic carbocycles. The maximum atomic E-state index is 13.3. The minimum Gasteiger partial charge on any atom is -0.483 e. The normalized spacial score (nSPS) is 10.4. The van der Waals surface area contributed by atoms with Gasteiger partial charge in [0, 0.05) is 15.7 Å². The summed E-state index contributed by atoms with van der Waals surface area (Å²) in [5.74, 6) is -1.82. The highest BCUT2D eigenvalue weighted by Crippen LogP contribution is 2.25. The SMILES string of the molecule is Nc1ccc(COc2c(F)cccc2F)c(Br)c1. The maximum Gasteiger partial charge on any atom is 0.191 e. The summed E-state index contributed by atoms with van der Waals surface area (Å²) in [6.07, 6.45) is 0. The Morgan fingerprint density at radius 2 is 1.78 bits per heavy atom. The second-order valence-electron chi connectivity index (χ2n) is 3.69. The van der Waals surface area contributed by atoms with Gasteiger partial charge < -0.3 is 10.5 Å². The Bertz CT molecular complexity index is 555. The van der Waals surface area contributed by atoms with Gasteiger partial charge in [-0.15, -0.1) is 0 Å². The molecule has 0 bridgehead atoms. The quantitative estimate of drug-likeness (QED) is 0.873. The lowest BCUT2D eigenvalue weighted by molar-refractivity contribution is 0.273. The van der Waals surface area contributed by atoms with Crippen LogP contribution in [0.2, 0.25) is 0 Å². The van der Waals surface area contributed by atoms with Crippen molar-refractivity contribution in [1.29, 1.82) is 0 Å². The van der Waals surface area contributed by atoms with Gasteiger partial charge in [0.15, 0.2) is 17.4 Å². The standard InChI is InChI=1S/C13H10BrF2NO/c14-10-6-9(17)5-4-8(10)7-18-13-11(15)2-1-3-12(13)16/h1-6H,7,17H2. The molecule has 0 radical (unpaired) electrons. The third kappa shape index (κ3) is 2.79. The molecule has 0 unspecified atom stereocenters. The molecule has 0 aromatic heterocycles. The van der Waals surface area contributed by atoms with Crippen LogP contribution >= 0.6 is 15.9 Å². The van der Waals surface area contributed by atoms with Crippen molar-refractivity contribution in [3.8, 4) is 5.75 Å². The van der Waals surface area contributed by atoms with Gasteiger partial charge in [0.05, 0.1) is 0 Å². The molecule has 0 aliphatic heterocycles. The maximum absolute atomic E-state index is 13.3. The highest BCUT2D eigenvalue weighted by atomic mass is 79.9. The fourth-order valence-corrected chi connectivity index (χ4v) is 1.96. The van der Waals surface area contributed by atoms with Crippen LogP contribution in [-0.4, -0.2) is 0 Å². The van der Waals surface area contributed by atoms with Crippen LogP contribution in [0, 0.1) is 11.6 Å². The highest BCUT2D eigenvalue weighted by molar-refractivity contribution is 9.10. The van der Waals surface area contributed by atoms with Gasteiger partial charge in [-0.3, -0.25) is 0 Å². The number of anilines is 1. The lowest BCUT2D eigenvalue weighted by Crippen LogP contribution is -2.01. The largest absolute Gasteiger partial charge is 0.483 e. The van der Waals surface area contributed by atoms with E-state index in [0.29, 0.717) is 5.69 Å². The molecule has 0 saturated heterocycles. The number of nitrogen functional groups attached to an aromatic ring is 1. The van der Waals surface area contributed by atoms with Crippen LogP contribution < -0.4 is 10.5 Å². The van der Waals surface area contributed by atoms with E-state index in [2.05, 4.69) is 15.9 Å². The zero-order valence-electron chi connectivity index (χ0n) is 9.29. The van der Waals surface area contributed by atoms with E-state index in [1.54, 1.807) is 18.2 Å². The van der Waals surface area contributed by atoms with Crippen molar-refractivity contribution in [2.75, 3.05) is 5.73 Å². The van der Waals surface area contributed by atoms with Crippen LogP contribution in [0.1, 0.15) is 5.56 Å². The third-order valence-electron chi connectivity index (χ3n) is 2.37. The number of ether oxygens (including phenoxy) is 1. The zero-order chi connectivity index (χ0) is 13.1. The Labute approximate surface area is 112 Å². The van der Waals surface area contributed by atoms with E-state index in [1.165, 1.54) is 6.07 Å². The van der Waals surface area contributed by atoms with Crippen LogP contribution in [0.5, 0.6) is 5.75 Å². The molecule has 0 heterocycles. The van der Waals surface area contributed by atoms with E-state index in [0.717, 1.165) is 22.2 Å². The van der Waals surface area contributed by atoms with Crippen LogP contribution in [0.4, 0.5) is 14.5 Å². The van der Waals surface area contributed by atoms with Crippen LogP contribution in [0.15, 0.2) is 40.9 Å². The molecule has 2 rings (SSSR count). The fourth-order valence-electron chi connectivity index (χ4n) is 1.45. The second-order valence-corrected chi connectivity index (χ2v) is 4.54. The lowest BCUT2D eigenvalue weighted by Gasteiger charge is -2.09. The summed E-state index contributed by atoms with van der Waals surface area (Å²) >= 11 is 3.31. The topological polar surface area (TPSA) is 35.2 Å². The van der Waals surface area contributed by atoms with Crippen molar-refractivity contribution < 1.29 is 13.5 Å². The molecule has 2 N–H and O–H groups in total. The molecule has 0 aliphatic rings. The second kappa shape index (κ2) is 5.35. The van der Waals surface area contributed by atoms with E-state index < -0.39 is 11.6 Å². The van der Waals surface area contributed by atoms with E-state index in [4.69, 9.17) is 10.5 Å². The molecule has 18 heavy (non-hydrogen) atoms. The predicted octanol–water partition coefficient (Wildman–Crippen LogP) is 3.89. The van der Waals surface area contributed by atoms with E-state index >= 15 is 0 Å². The average molecular weight is 314 g/mol. The van der Waals surface area contributed by atoms with Gasteiger partial charge in [0.1, 0.15) is 6.61 Å². The smallest absolute Gasteiger partial charge is 0.191 e. The number of halogens is 3. The first kappa shape index (κ1) is 12.8. The van der Waals surface area contributed by atoms with E-state index in [1.807, 2.05) is 0 Å². The molecule has 0 spiro atoms. The highest BCUT2D eigenvalue weighted by Gasteiger charge is 2.10. The number of para-hydroxylation sites is 1. The average Bonchev–Trinajstić information content (AvgIpc) is 2.31. The summed E-state index contributed by atoms with van der Waals surface area (Å²) in [7, 11) is 0. The van der Waals surface area contributed by atoms with Gasteiger partial charge in [-0.2, -0.15) is 0 Å². The van der Waals surface area contributed by atoms with Crippen molar-refractivity contribution in [2.45, 2.75) is 6.61 Å². The van der Waals surface area contributed by atoms with E-state index in [9.17, 15) is 8.78 Å². The van der Waals surface area contributed by atoms with Gasteiger partial charge in [0.25, 0.3) is 0 Å². The summed E-state index contributed by atoms with van der Waals surface area (Å²) in [5.41, 5.74) is 6.95. The first-order valence-corrected chi connectivity index (χ1v) is 5.98. The number of nitrogens with two attached hydrogens (primary N) is 1. The molecule has 0 amide bonds. The zero-order valence-corrected chi connectivity index (χ0v) is 10.9. The number of benzene rings is 2. The summed E-state index contributed by atoms with van der Waals surface area (Å²) in [6, 6.07) is 8.72. The Morgan fingerprint density at radius 3 is 2.39 bits per heavy atom. The summed E-state index contributed by atoms with van der Waals surface area (Å²) < 4.78 is 32.5. The van der Waals surface area contributed by atoms with Crippen molar-refractivity contribution in [2.24, 2.45) is 0 Å². The predicted molar refractivity (Wildman–Crippen MR) is 69.2 cm³/mol. The minimum absolute atomic E-state index is 0.0543. The fraction of sp³-hybridized carbons (Fsp3) is 0.0769. The number of hydrogen-bond acceptors (Lipinski definition) is 2. The van der Waals surface area contributed by atoms with Crippen LogP contribution in [0.25, 0.3) is 0 Å². The molecule has 5 heteroatoms.